The van der Waals surface area contributed by atoms with Crippen LogP contribution >= 0.6 is 0 Å². The molecule has 1 heterocycles. The van der Waals surface area contributed by atoms with Gasteiger partial charge in [-0.05, 0) is 40.2 Å². The van der Waals surface area contributed by atoms with Crippen molar-refractivity contribution in [2.45, 2.75) is 39.7 Å². The molecular weight excluding hydrogens is 190 g/mol. The van der Waals surface area contributed by atoms with E-state index >= 15 is 0 Å². The molecule has 0 unspecified atom stereocenters. The molecule has 0 radical (unpaired) electrons. The highest BCUT2D eigenvalue weighted by Gasteiger charge is 2.08. The predicted molar refractivity (Wildman–Crippen MR) is 59.9 cm³/mol. The van der Waals surface area contributed by atoms with Crippen LogP contribution in [0.15, 0.2) is 6.20 Å². The highest BCUT2D eigenvalue weighted by Crippen LogP contribution is 2.17. The predicted octanol–water partition coefficient (Wildman–Crippen LogP) is 1.46. The summed E-state index contributed by atoms with van der Waals surface area (Å²) >= 11 is 0. The average molecular weight is 209 g/mol. The number of rotatable bonds is 5. The second-order valence-corrected chi connectivity index (χ2v) is 3.81. The van der Waals surface area contributed by atoms with Gasteiger partial charge in [0.2, 0.25) is 5.88 Å². The zero-order chi connectivity index (χ0) is 11.3. The van der Waals surface area contributed by atoms with E-state index in [1.807, 2.05) is 27.0 Å². The quantitative estimate of drug-likeness (QED) is 0.797. The van der Waals surface area contributed by atoms with Gasteiger partial charge in [-0.15, -0.1) is 0 Å². The minimum absolute atomic E-state index is 0.135. The summed E-state index contributed by atoms with van der Waals surface area (Å²) in [7, 11) is 0. The van der Waals surface area contributed by atoms with Crippen LogP contribution in [0.4, 0.5) is 0 Å². The van der Waals surface area contributed by atoms with E-state index in [2.05, 4.69) is 9.97 Å². The molecule has 0 aliphatic heterocycles. The van der Waals surface area contributed by atoms with Crippen LogP contribution in [0, 0.1) is 6.92 Å². The number of ether oxygens (including phenoxy) is 1. The molecule has 0 saturated carbocycles. The van der Waals surface area contributed by atoms with Gasteiger partial charge in [-0.3, -0.25) is 0 Å². The van der Waals surface area contributed by atoms with E-state index in [0.29, 0.717) is 12.4 Å². The third-order valence-corrected chi connectivity index (χ3v) is 1.94. The third-order valence-electron chi connectivity index (χ3n) is 1.94. The number of hydrogen-bond donors (Lipinski definition) is 1. The van der Waals surface area contributed by atoms with E-state index in [1.165, 1.54) is 0 Å². The van der Waals surface area contributed by atoms with Gasteiger partial charge in [0.05, 0.1) is 6.10 Å². The molecule has 2 N–H and O–H groups in total. The van der Waals surface area contributed by atoms with Crippen molar-refractivity contribution in [3.05, 3.63) is 17.6 Å². The highest BCUT2D eigenvalue weighted by atomic mass is 16.5. The third kappa shape index (κ3) is 3.83. The lowest BCUT2D eigenvalue weighted by Gasteiger charge is -2.12. The lowest BCUT2D eigenvalue weighted by molar-refractivity contribution is 0.229. The maximum atomic E-state index is 5.63. The molecule has 4 nitrogen and oxygen atoms in total. The van der Waals surface area contributed by atoms with Crippen molar-refractivity contribution >= 4 is 0 Å². The molecule has 1 rings (SSSR count). The maximum absolute atomic E-state index is 5.63. The first kappa shape index (κ1) is 11.9. The molecule has 0 atom stereocenters. The van der Waals surface area contributed by atoms with Gasteiger partial charge in [-0.2, -0.15) is 4.98 Å². The van der Waals surface area contributed by atoms with Crippen LogP contribution in [-0.4, -0.2) is 22.6 Å². The molecule has 0 aromatic carbocycles. The van der Waals surface area contributed by atoms with Gasteiger partial charge in [0.1, 0.15) is 5.82 Å². The Labute approximate surface area is 90.9 Å². The summed E-state index contributed by atoms with van der Waals surface area (Å²) in [6, 6.07) is 0. The Kier molecular flexibility index (Phi) is 4.49. The summed E-state index contributed by atoms with van der Waals surface area (Å²) in [5.41, 5.74) is 6.52. The monoisotopic (exact) mass is 209 g/mol. The second kappa shape index (κ2) is 5.66. The van der Waals surface area contributed by atoms with Gasteiger partial charge in [0, 0.05) is 11.8 Å². The normalized spacial score (nSPS) is 10.7. The fourth-order valence-electron chi connectivity index (χ4n) is 1.26. The van der Waals surface area contributed by atoms with E-state index in [1.54, 1.807) is 0 Å². The van der Waals surface area contributed by atoms with Gasteiger partial charge in [0.15, 0.2) is 0 Å². The zero-order valence-electron chi connectivity index (χ0n) is 9.66. The number of nitrogens with two attached hydrogens (primary N) is 1. The van der Waals surface area contributed by atoms with E-state index < -0.39 is 0 Å². The Balaban J connectivity index is 2.82. The molecule has 1 aromatic heterocycles. The number of hydrogen-bond acceptors (Lipinski definition) is 4. The van der Waals surface area contributed by atoms with E-state index in [9.17, 15) is 0 Å². The lowest BCUT2D eigenvalue weighted by Crippen LogP contribution is -2.11. The summed E-state index contributed by atoms with van der Waals surface area (Å²) in [6.07, 6.45) is 3.77. The Morgan fingerprint density at radius 3 is 2.80 bits per heavy atom. The summed E-state index contributed by atoms with van der Waals surface area (Å²) in [4.78, 5) is 8.46. The molecule has 1 aromatic rings. The molecule has 0 fully saturated rings. The van der Waals surface area contributed by atoms with Crippen molar-refractivity contribution in [1.82, 2.24) is 9.97 Å². The number of nitrogens with zero attached hydrogens (tertiary/aromatic N) is 2. The minimum atomic E-state index is 0.135. The van der Waals surface area contributed by atoms with Crippen LogP contribution in [0.2, 0.25) is 0 Å². The van der Waals surface area contributed by atoms with Crippen LogP contribution < -0.4 is 10.5 Å². The van der Waals surface area contributed by atoms with E-state index in [-0.39, 0.29) is 6.10 Å². The molecule has 15 heavy (non-hydrogen) atoms. The summed E-state index contributed by atoms with van der Waals surface area (Å²) in [6.45, 7) is 6.52. The molecule has 4 heteroatoms. The van der Waals surface area contributed by atoms with Crippen LogP contribution in [0.5, 0.6) is 5.88 Å². The summed E-state index contributed by atoms with van der Waals surface area (Å²) in [5.74, 6) is 1.44. The molecule has 0 amide bonds. The summed E-state index contributed by atoms with van der Waals surface area (Å²) < 4.78 is 5.63. The molecule has 0 saturated heterocycles. The van der Waals surface area contributed by atoms with Gasteiger partial charge in [0.25, 0.3) is 0 Å². The van der Waals surface area contributed by atoms with Crippen molar-refractivity contribution in [1.29, 1.82) is 0 Å². The molecular formula is C11H19N3O. The van der Waals surface area contributed by atoms with Gasteiger partial charge in [-0.1, -0.05) is 0 Å². The standard InChI is InChI=1S/C11H19N3O/c1-8(2)15-11-10(5-4-6-12)7-13-9(3)14-11/h7-8H,4-6,12H2,1-3H3. The number of aromatic nitrogens is 2. The van der Waals surface area contributed by atoms with Crippen molar-refractivity contribution in [3.63, 3.8) is 0 Å². The Hall–Kier alpha value is -1.16. The largest absolute Gasteiger partial charge is 0.475 e. The van der Waals surface area contributed by atoms with Gasteiger partial charge < -0.3 is 10.5 Å². The molecule has 0 aliphatic carbocycles. The van der Waals surface area contributed by atoms with Crippen molar-refractivity contribution in [2.75, 3.05) is 6.54 Å². The fraction of sp³-hybridized carbons (Fsp3) is 0.636. The molecule has 0 bridgehead atoms. The molecule has 0 aliphatic rings. The first-order chi connectivity index (χ1) is 7.13. The average Bonchev–Trinajstić information content (AvgIpc) is 2.16. The zero-order valence-corrected chi connectivity index (χ0v) is 9.66. The smallest absolute Gasteiger partial charge is 0.220 e. The van der Waals surface area contributed by atoms with Crippen LogP contribution in [0.25, 0.3) is 0 Å². The maximum Gasteiger partial charge on any atom is 0.220 e. The van der Waals surface area contributed by atoms with Crippen molar-refractivity contribution in [3.8, 4) is 5.88 Å². The van der Waals surface area contributed by atoms with Crippen LogP contribution in [0.1, 0.15) is 31.7 Å². The summed E-state index contributed by atoms with van der Waals surface area (Å²) in [5, 5.41) is 0. The fourth-order valence-corrected chi connectivity index (χ4v) is 1.26. The van der Waals surface area contributed by atoms with Gasteiger partial charge >= 0.3 is 0 Å². The SMILES string of the molecule is Cc1ncc(CCCN)c(OC(C)C)n1. The number of aryl methyl sites for hydroxylation is 2. The molecule has 0 spiro atoms. The van der Waals surface area contributed by atoms with E-state index in [4.69, 9.17) is 10.5 Å². The van der Waals surface area contributed by atoms with Crippen molar-refractivity contribution in [2.24, 2.45) is 5.73 Å². The first-order valence-corrected chi connectivity index (χ1v) is 5.32. The van der Waals surface area contributed by atoms with Crippen LogP contribution in [-0.2, 0) is 6.42 Å². The van der Waals surface area contributed by atoms with E-state index in [0.717, 1.165) is 24.2 Å². The Morgan fingerprint density at radius 2 is 2.20 bits per heavy atom. The first-order valence-electron chi connectivity index (χ1n) is 5.32. The highest BCUT2D eigenvalue weighted by molar-refractivity contribution is 5.24. The lowest BCUT2D eigenvalue weighted by atomic mass is 10.2. The van der Waals surface area contributed by atoms with Crippen molar-refractivity contribution < 1.29 is 4.74 Å². The van der Waals surface area contributed by atoms with Gasteiger partial charge in [-0.25, -0.2) is 4.98 Å². The Morgan fingerprint density at radius 1 is 1.47 bits per heavy atom. The Bertz CT molecular complexity index is 313. The molecule has 84 valence electrons. The second-order valence-electron chi connectivity index (χ2n) is 3.81. The van der Waals surface area contributed by atoms with Crippen LogP contribution in [0.3, 0.4) is 0 Å². The topological polar surface area (TPSA) is 61.0 Å². The minimum Gasteiger partial charge on any atom is -0.475 e.